The Bertz CT molecular complexity index is 407. The van der Waals surface area contributed by atoms with Crippen LogP contribution in [-0.2, 0) is 6.42 Å². The van der Waals surface area contributed by atoms with Crippen molar-refractivity contribution in [2.45, 2.75) is 70.8 Å². The molecule has 1 heteroatoms. The molecule has 3 rings (SSSR count). The molecule has 104 valence electrons. The van der Waals surface area contributed by atoms with Crippen molar-refractivity contribution in [1.29, 1.82) is 0 Å². The fourth-order valence-electron chi connectivity index (χ4n) is 4.19. The van der Waals surface area contributed by atoms with E-state index in [0.29, 0.717) is 6.04 Å². The van der Waals surface area contributed by atoms with E-state index in [-0.39, 0.29) is 0 Å². The van der Waals surface area contributed by atoms with Crippen LogP contribution in [0.4, 0.5) is 5.69 Å². The summed E-state index contributed by atoms with van der Waals surface area (Å²) >= 11 is 0. The van der Waals surface area contributed by atoms with Gasteiger partial charge >= 0.3 is 0 Å². The predicted molar refractivity (Wildman–Crippen MR) is 82.6 cm³/mol. The van der Waals surface area contributed by atoms with Crippen molar-refractivity contribution in [2.75, 3.05) is 5.32 Å². The molecule has 0 aliphatic heterocycles. The van der Waals surface area contributed by atoms with Crippen molar-refractivity contribution in [3.05, 3.63) is 29.8 Å². The van der Waals surface area contributed by atoms with Crippen molar-refractivity contribution >= 4 is 5.69 Å². The first-order chi connectivity index (χ1) is 9.31. The van der Waals surface area contributed by atoms with Gasteiger partial charge in [-0.05, 0) is 62.0 Å². The van der Waals surface area contributed by atoms with Gasteiger partial charge in [0.2, 0.25) is 0 Å². The first-order valence-electron chi connectivity index (χ1n) is 8.16. The highest BCUT2D eigenvalue weighted by molar-refractivity contribution is 5.51. The molecule has 0 saturated heterocycles. The highest BCUT2D eigenvalue weighted by Gasteiger charge is 2.37. The maximum atomic E-state index is 3.81. The summed E-state index contributed by atoms with van der Waals surface area (Å²) in [5.41, 5.74) is 3.59. The van der Waals surface area contributed by atoms with E-state index in [1.165, 1.54) is 62.6 Å². The Hall–Kier alpha value is -0.980. The quantitative estimate of drug-likeness (QED) is 0.788. The Balaban J connectivity index is 1.60. The van der Waals surface area contributed by atoms with Crippen molar-refractivity contribution in [3.8, 4) is 0 Å². The summed E-state index contributed by atoms with van der Waals surface area (Å²) in [5.74, 6) is 0. The largest absolute Gasteiger partial charge is 0.382 e. The van der Waals surface area contributed by atoms with Gasteiger partial charge in [-0.1, -0.05) is 38.0 Å². The molecule has 1 aromatic rings. The number of hydrogen-bond donors (Lipinski definition) is 1. The average Bonchev–Trinajstić information content (AvgIpc) is 2.91. The first kappa shape index (κ1) is 13.0. The van der Waals surface area contributed by atoms with Crippen LogP contribution in [0.5, 0.6) is 0 Å². The van der Waals surface area contributed by atoms with E-state index in [1.54, 1.807) is 0 Å². The Morgan fingerprint density at radius 1 is 1.05 bits per heavy atom. The lowest BCUT2D eigenvalue weighted by Gasteiger charge is -2.38. The number of rotatable bonds is 3. The molecule has 0 radical (unpaired) electrons. The van der Waals surface area contributed by atoms with E-state index >= 15 is 0 Å². The lowest BCUT2D eigenvalue weighted by atomic mass is 9.71. The molecule has 1 aromatic carbocycles. The van der Waals surface area contributed by atoms with E-state index in [1.807, 2.05) is 0 Å². The molecule has 0 bridgehead atoms. The number of nitrogens with one attached hydrogen (secondary N) is 1. The monoisotopic (exact) mass is 257 g/mol. The Kier molecular flexibility index (Phi) is 3.81. The summed E-state index contributed by atoms with van der Waals surface area (Å²) in [6, 6.07) is 9.52. The minimum absolute atomic E-state index is 0.707. The fraction of sp³-hybridized carbons (Fsp3) is 0.667. The third kappa shape index (κ3) is 2.80. The van der Waals surface area contributed by atoms with Gasteiger partial charge in [0.05, 0.1) is 0 Å². The Morgan fingerprint density at radius 3 is 2.42 bits per heavy atom. The molecule has 0 atom stereocenters. The zero-order chi connectivity index (χ0) is 13.1. The summed E-state index contributed by atoms with van der Waals surface area (Å²) in [4.78, 5) is 0. The summed E-state index contributed by atoms with van der Waals surface area (Å²) in [7, 11) is 0. The molecule has 0 amide bonds. The second kappa shape index (κ2) is 5.56. The number of para-hydroxylation sites is 1. The van der Waals surface area contributed by atoms with Crippen LogP contribution >= 0.6 is 0 Å². The molecular formula is C18H27N. The molecule has 1 spiro atoms. The topological polar surface area (TPSA) is 12.0 Å². The Labute approximate surface area is 117 Å². The number of hydrogen-bond acceptors (Lipinski definition) is 1. The Morgan fingerprint density at radius 2 is 1.74 bits per heavy atom. The predicted octanol–water partition coefficient (Wildman–Crippen LogP) is 5.16. The second-order valence-electron chi connectivity index (χ2n) is 6.64. The number of aryl methyl sites for hydroxylation is 1. The molecule has 2 saturated carbocycles. The minimum atomic E-state index is 0.707. The van der Waals surface area contributed by atoms with E-state index in [9.17, 15) is 0 Å². The third-order valence-electron chi connectivity index (χ3n) is 5.47. The fourth-order valence-corrected chi connectivity index (χ4v) is 4.19. The summed E-state index contributed by atoms with van der Waals surface area (Å²) in [5, 5.41) is 3.81. The summed E-state index contributed by atoms with van der Waals surface area (Å²) in [6.45, 7) is 2.24. The number of anilines is 1. The van der Waals surface area contributed by atoms with E-state index in [4.69, 9.17) is 0 Å². The standard InChI is InChI=1S/C18H27N/c1-2-15-7-3-4-8-17(15)19-16-9-13-18(14-10-16)11-5-6-12-18/h3-4,7-8,16,19H,2,5-6,9-14H2,1H3. The van der Waals surface area contributed by atoms with Gasteiger partial charge in [0.15, 0.2) is 0 Å². The van der Waals surface area contributed by atoms with Gasteiger partial charge in [-0.2, -0.15) is 0 Å². The molecule has 2 aliphatic carbocycles. The van der Waals surface area contributed by atoms with Gasteiger partial charge in [0.1, 0.15) is 0 Å². The normalized spacial score (nSPS) is 22.8. The lowest BCUT2D eigenvalue weighted by Crippen LogP contribution is -2.31. The molecule has 2 fully saturated rings. The van der Waals surface area contributed by atoms with Crippen LogP contribution in [0.25, 0.3) is 0 Å². The van der Waals surface area contributed by atoms with Crippen LogP contribution in [-0.4, -0.2) is 6.04 Å². The van der Waals surface area contributed by atoms with E-state index in [2.05, 4.69) is 36.5 Å². The minimum Gasteiger partial charge on any atom is -0.382 e. The first-order valence-corrected chi connectivity index (χ1v) is 8.16. The second-order valence-corrected chi connectivity index (χ2v) is 6.64. The maximum absolute atomic E-state index is 3.81. The third-order valence-corrected chi connectivity index (χ3v) is 5.47. The van der Waals surface area contributed by atoms with Crippen molar-refractivity contribution in [2.24, 2.45) is 5.41 Å². The molecule has 19 heavy (non-hydrogen) atoms. The molecule has 1 N–H and O–H groups in total. The van der Waals surface area contributed by atoms with Gasteiger partial charge in [0.25, 0.3) is 0 Å². The van der Waals surface area contributed by atoms with Crippen LogP contribution in [0, 0.1) is 5.41 Å². The zero-order valence-corrected chi connectivity index (χ0v) is 12.3. The van der Waals surface area contributed by atoms with Gasteiger partial charge in [-0.25, -0.2) is 0 Å². The van der Waals surface area contributed by atoms with E-state index in [0.717, 1.165) is 11.8 Å². The van der Waals surface area contributed by atoms with Gasteiger partial charge in [-0.3, -0.25) is 0 Å². The molecule has 0 unspecified atom stereocenters. The van der Waals surface area contributed by atoms with E-state index < -0.39 is 0 Å². The molecule has 0 heterocycles. The van der Waals surface area contributed by atoms with Crippen molar-refractivity contribution in [1.82, 2.24) is 0 Å². The van der Waals surface area contributed by atoms with Gasteiger partial charge in [0, 0.05) is 11.7 Å². The highest BCUT2D eigenvalue weighted by atomic mass is 14.9. The van der Waals surface area contributed by atoms with Crippen LogP contribution in [0.1, 0.15) is 63.9 Å². The summed E-state index contributed by atoms with van der Waals surface area (Å²) < 4.78 is 0. The molecular weight excluding hydrogens is 230 g/mol. The smallest absolute Gasteiger partial charge is 0.0374 e. The van der Waals surface area contributed by atoms with Crippen molar-refractivity contribution in [3.63, 3.8) is 0 Å². The van der Waals surface area contributed by atoms with Gasteiger partial charge in [-0.15, -0.1) is 0 Å². The van der Waals surface area contributed by atoms with Crippen LogP contribution in [0.2, 0.25) is 0 Å². The lowest BCUT2D eigenvalue weighted by molar-refractivity contribution is 0.188. The van der Waals surface area contributed by atoms with Crippen molar-refractivity contribution < 1.29 is 0 Å². The average molecular weight is 257 g/mol. The molecule has 2 aliphatic rings. The maximum Gasteiger partial charge on any atom is 0.0374 e. The van der Waals surface area contributed by atoms with Crippen LogP contribution in [0.15, 0.2) is 24.3 Å². The highest BCUT2D eigenvalue weighted by Crippen LogP contribution is 2.49. The van der Waals surface area contributed by atoms with Crippen LogP contribution < -0.4 is 5.32 Å². The number of benzene rings is 1. The summed E-state index contributed by atoms with van der Waals surface area (Å²) in [6.07, 6.45) is 12.8. The van der Waals surface area contributed by atoms with Gasteiger partial charge < -0.3 is 5.32 Å². The van der Waals surface area contributed by atoms with Crippen LogP contribution in [0.3, 0.4) is 0 Å². The molecule has 0 aromatic heterocycles. The molecule has 1 nitrogen and oxygen atoms in total. The SMILES string of the molecule is CCc1ccccc1NC1CCC2(CCCC2)CC1. The zero-order valence-electron chi connectivity index (χ0n) is 12.3.